The van der Waals surface area contributed by atoms with Crippen LogP contribution in [0.4, 0.5) is 0 Å². The van der Waals surface area contributed by atoms with E-state index in [1.807, 2.05) is 49.6 Å². The zero-order valence-electron chi connectivity index (χ0n) is 13.6. The molecule has 3 rings (SSSR count). The number of aromatic amines is 1. The van der Waals surface area contributed by atoms with Crippen LogP contribution in [0.25, 0.3) is 11.0 Å². The molecular weight excluding hydrogens is 290 g/mol. The lowest BCUT2D eigenvalue weighted by atomic mass is 10.2. The van der Waals surface area contributed by atoms with Gasteiger partial charge in [0.15, 0.2) is 0 Å². The Morgan fingerprint density at radius 3 is 2.78 bits per heavy atom. The third-order valence-electron chi connectivity index (χ3n) is 3.88. The van der Waals surface area contributed by atoms with Crippen molar-refractivity contribution < 1.29 is 4.79 Å². The number of benzene rings is 1. The topological polar surface area (TPSA) is 75.6 Å². The Hall–Kier alpha value is -2.63. The van der Waals surface area contributed by atoms with E-state index in [0.717, 1.165) is 23.3 Å². The zero-order valence-corrected chi connectivity index (χ0v) is 13.6. The Bertz CT molecular complexity index is 784. The maximum atomic E-state index is 12.4. The Labute approximate surface area is 135 Å². The molecule has 120 valence electrons. The summed E-state index contributed by atoms with van der Waals surface area (Å²) in [7, 11) is 0. The van der Waals surface area contributed by atoms with Crippen molar-refractivity contribution in [3.63, 3.8) is 0 Å². The number of fused-ring (bicyclic) bond motifs is 1. The van der Waals surface area contributed by atoms with E-state index in [2.05, 4.69) is 20.3 Å². The van der Waals surface area contributed by atoms with Crippen molar-refractivity contribution in [3.8, 4) is 0 Å². The number of aromatic nitrogens is 4. The van der Waals surface area contributed by atoms with Crippen molar-refractivity contribution in [2.75, 3.05) is 0 Å². The Morgan fingerprint density at radius 1 is 1.35 bits per heavy atom. The number of nitrogens with zero attached hydrogens (tertiary/aromatic N) is 3. The van der Waals surface area contributed by atoms with E-state index < -0.39 is 0 Å². The molecule has 0 saturated heterocycles. The second-order valence-electron chi connectivity index (χ2n) is 5.87. The normalized spacial score (nSPS) is 12.7. The molecule has 3 aromatic rings. The highest BCUT2D eigenvalue weighted by atomic mass is 16.2. The molecule has 0 unspecified atom stereocenters. The monoisotopic (exact) mass is 311 g/mol. The summed E-state index contributed by atoms with van der Waals surface area (Å²) < 4.78 is 1.91. The van der Waals surface area contributed by atoms with Crippen molar-refractivity contribution in [2.24, 2.45) is 0 Å². The van der Waals surface area contributed by atoms with Crippen LogP contribution in [0.1, 0.15) is 55.6 Å². The first-order valence-electron chi connectivity index (χ1n) is 7.87. The van der Waals surface area contributed by atoms with Gasteiger partial charge in [0.25, 0.3) is 5.91 Å². The van der Waals surface area contributed by atoms with E-state index in [-0.39, 0.29) is 18.0 Å². The number of carbonyl (C=O) groups is 1. The highest BCUT2D eigenvalue weighted by molar-refractivity contribution is 5.92. The summed E-state index contributed by atoms with van der Waals surface area (Å²) in [6.45, 7) is 6.12. The molecule has 0 saturated carbocycles. The highest BCUT2D eigenvalue weighted by Crippen LogP contribution is 2.18. The molecule has 2 heterocycles. The lowest BCUT2D eigenvalue weighted by Crippen LogP contribution is -2.29. The number of hydrogen-bond acceptors (Lipinski definition) is 3. The van der Waals surface area contributed by atoms with Gasteiger partial charge in [0.1, 0.15) is 11.5 Å². The molecule has 1 aromatic carbocycles. The fraction of sp³-hybridized carbons (Fsp3) is 0.353. The minimum atomic E-state index is -0.184. The summed E-state index contributed by atoms with van der Waals surface area (Å²) >= 11 is 0. The van der Waals surface area contributed by atoms with E-state index >= 15 is 0 Å². The van der Waals surface area contributed by atoms with Gasteiger partial charge in [-0.15, -0.1) is 0 Å². The van der Waals surface area contributed by atoms with Gasteiger partial charge < -0.3 is 14.9 Å². The molecule has 1 atom stereocenters. The van der Waals surface area contributed by atoms with E-state index in [0.29, 0.717) is 5.69 Å². The first-order valence-corrected chi connectivity index (χ1v) is 7.87. The van der Waals surface area contributed by atoms with Crippen LogP contribution in [0, 0.1) is 0 Å². The molecule has 6 heteroatoms. The third-order valence-corrected chi connectivity index (χ3v) is 3.88. The van der Waals surface area contributed by atoms with Crippen LogP contribution < -0.4 is 5.32 Å². The van der Waals surface area contributed by atoms with E-state index in [4.69, 9.17) is 0 Å². The maximum Gasteiger partial charge on any atom is 0.272 e. The molecular formula is C17H21N5O. The molecule has 0 aliphatic carbocycles. The van der Waals surface area contributed by atoms with Gasteiger partial charge >= 0.3 is 0 Å². The first kappa shape index (κ1) is 15.3. The van der Waals surface area contributed by atoms with Crippen LogP contribution in [0.5, 0.6) is 0 Å². The van der Waals surface area contributed by atoms with Gasteiger partial charge in [0.05, 0.1) is 23.4 Å². The van der Waals surface area contributed by atoms with Crippen LogP contribution in [0.2, 0.25) is 0 Å². The number of carbonyl (C=O) groups excluding carboxylic acids is 1. The van der Waals surface area contributed by atoms with Crippen molar-refractivity contribution in [1.29, 1.82) is 0 Å². The van der Waals surface area contributed by atoms with Crippen LogP contribution in [0.3, 0.4) is 0 Å². The van der Waals surface area contributed by atoms with E-state index in [1.54, 1.807) is 12.5 Å². The quantitative estimate of drug-likeness (QED) is 0.759. The van der Waals surface area contributed by atoms with Gasteiger partial charge in [-0.25, -0.2) is 9.97 Å². The van der Waals surface area contributed by atoms with Crippen molar-refractivity contribution in [3.05, 3.63) is 48.3 Å². The number of para-hydroxylation sites is 2. The number of hydrogen-bond donors (Lipinski definition) is 2. The second-order valence-corrected chi connectivity index (χ2v) is 5.87. The fourth-order valence-corrected chi connectivity index (χ4v) is 2.47. The summed E-state index contributed by atoms with van der Waals surface area (Å²) in [5.41, 5.74) is 2.30. The number of imidazole rings is 2. The van der Waals surface area contributed by atoms with Crippen molar-refractivity contribution in [2.45, 2.75) is 39.3 Å². The molecule has 0 aliphatic heterocycles. The SMILES string of the molecule is CC[C@@H](NC(=O)c1cn(C(C)C)cn1)c1nc2ccccc2[nH]1. The summed E-state index contributed by atoms with van der Waals surface area (Å²) in [6.07, 6.45) is 4.20. The van der Waals surface area contributed by atoms with Crippen molar-refractivity contribution in [1.82, 2.24) is 24.8 Å². The van der Waals surface area contributed by atoms with Crippen LogP contribution in [-0.2, 0) is 0 Å². The molecule has 6 nitrogen and oxygen atoms in total. The predicted octanol–water partition coefficient (Wildman–Crippen LogP) is 3.22. The average molecular weight is 311 g/mol. The number of amides is 1. The van der Waals surface area contributed by atoms with Gasteiger partial charge in [-0.2, -0.15) is 0 Å². The molecule has 0 spiro atoms. The lowest BCUT2D eigenvalue weighted by Gasteiger charge is -2.13. The molecule has 0 radical (unpaired) electrons. The van der Waals surface area contributed by atoms with Gasteiger partial charge in [-0.1, -0.05) is 19.1 Å². The predicted molar refractivity (Wildman–Crippen MR) is 89.2 cm³/mol. The van der Waals surface area contributed by atoms with Crippen molar-refractivity contribution >= 4 is 16.9 Å². The Morgan fingerprint density at radius 2 is 2.13 bits per heavy atom. The minimum absolute atomic E-state index is 0.167. The second kappa shape index (κ2) is 6.24. The number of H-pyrrole nitrogens is 1. The van der Waals surface area contributed by atoms with Gasteiger partial charge in [-0.3, -0.25) is 4.79 Å². The minimum Gasteiger partial charge on any atom is -0.341 e. The standard InChI is InChI=1S/C17H21N5O/c1-4-12(16-19-13-7-5-6-8-14(13)20-16)21-17(23)15-9-22(10-18-15)11(2)3/h5-12H,4H2,1-3H3,(H,19,20)(H,21,23)/t12-/m1/s1. The number of rotatable bonds is 5. The van der Waals surface area contributed by atoms with Gasteiger partial charge in [0, 0.05) is 12.2 Å². The largest absolute Gasteiger partial charge is 0.341 e. The maximum absolute atomic E-state index is 12.4. The summed E-state index contributed by atoms with van der Waals surface area (Å²) in [4.78, 5) is 24.4. The Kier molecular flexibility index (Phi) is 4.14. The molecule has 2 aromatic heterocycles. The zero-order chi connectivity index (χ0) is 16.4. The molecule has 1 amide bonds. The third kappa shape index (κ3) is 3.11. The Balaban J connectivity index is 1.79. The fourth-order valence-electron chi connectivity index (χ4n) is 2.47. The number of nitrogens with one attached hydrogen (secondary N) is 2. The van der Waals surface area contributed by atoms with Gasteiger partial charge in [0.2, 0.25) is 0 Å². The highest BCUT2D eigenvalue weighted by Gasteiger charge is 2.19. The van der Waals surface area contributed by atoms with Crippen LogP contribution in [0.15, 0.2) is 36.8 Å². The molecule has 0 aliphatic rings. The average Bonchev–Trinajstić information content (AvgIpc) is 3.18. The molecule has 23 heavy (non-hydrogen) atoms. The summed E-state index contributed by atoms with van der Waals surface area (Å²) in [5.74, 6) is 0.585. The summed E-state index contributed by atoms with van der Waals surface area (Å²) in [5, 5.41) is 3.00. The molecule has 2 N–H and O–H groups in total. The smallest absolute Gasteiger partial charge is 0.272 e. The molecule has 0 fully saturated rings. The molecule has 0 bridgehead atoms. The summed E-state index contributed by atoms with van der Waals surface area (Å²) in [6, 6.07) is 7.95. The van der Waals surface area contributed by atoms with E-state index in [1.165, 1.54) is 0 Å². The van der Waals surface area contributed by atoms with E-state index in [9.17, 15) is 4.79 Å². The lowest BCUT2D eigenvalue weighted by molar-refractivity contribution is 0.0929. The van der Waals surface area contributed by atoms with Crippen LogP contribution >= 0.6 is 0 Å². The first-order chi connectivity index (χ1) is 11.1. The van der Waals surface area contributed by atoms with Gasteiger partial charge in [-0.05, 0) is 32.4 Å². The van der Waals surface area contributed by atoms with Crippen LogP contribution in [-0.4, -0.2) is 25.4 Å².